The molecule has 4 heterocycles. The Morgan fingerprint density at radius 2 is 1.56 bits per heavy atom. The summed E-state index contributed by atoms with van der Waals surface area (Å²) in [6.07, 6.45) is 0.267. The van der Waals surface area contributed by atoms with Crippen LogP contribution in [0.3, 0.4) is 0 Å². The van der Waals surface area contributed by atoms with E-state index < -0.39 is 40.8 Å². The maximum Gasteiger partial charge on any atom is 0.355 e. The molecule has 0 radical (unpaired) electrons. The van der Waals surface area contributed by atoms with E-state index in [1.165, 1.54) is 28.0 Å². The third-order valence-electron chi connectivity index (χ3n) is 10.7. The van der Waals surface area contributed by atoms with Crippen LogP contribution in [0.1, 0.15) is 34.4 Å². The van der Waals surface area contributed by atoms with E-state index in [1.807, 2.05) is 105 Å². The second-order valence-electron chi connectivity index (χ2n) is 14.8. The van der Waals surface area contributed by atoms with Gasteiger partial charge in [-0.1, -0.05) is 108 Å². The smallest absolute Gasteiger partial charge is 0.355 e. The van der Waals surface area contributed by atoms with Gasteiger partial charge in [-0.25, -0.2) is 9.78 Å². The van der Waals surface area contributed by atoms with Gasteiger partial charge in [-0.2, -0.15) is 9.48 Å². The normalized spacial score (nSPS) is 20.1. The number of aromatic nitrogens is 1. The molecule has 0 bridgehead atoms. The highest BCUT2D eigenvalue weighted by molar-refractivity contribution is 8.00. The summed E-state index contributed by atoms with van der Waals surface area (Å²) in [6.45, 7) is 0.711. The van der Waals surface area contributed by atoms with Crippen molar-refractivity contribution in [1.29, 1.82) is 0 Å². The summed E-state index contributed by atoms with van der Waals surface area (Å²) >= 11 is 2.67. The van der Waals surface area contributed by atoms with Crippen LogP contribution in [-0.4, -0.2) is 94.3 Å². The third kappa shape index (κ3) is 7.81. The number of methoxy groups -OCH3 is 1. The molecule has 8 rings (SSSR count). The molecule has 0 aliphatic carbocycles. The van der Waals surface area contributed by atoms with Crippen LogP contribution in [0.5, 0.6) is 5.75 Å². The summed E-state index contributed by atoms with van der Waals surface area (Å²) < 4.78 is 11.3. The maximum atomic E-state index is 14.0. The van der Waals surface area contributed by atoms with E-state index in [-0.39, 0.29) is 23.7 Å². The Kier molecular flexibility index (Phi) is 11.3. The number of quaternary nitrogens is 1. The number of thiazole rings is 1. The molecular formula is C44H43N6O7S2+. The monoisotopic (exact) mass is 831 g/mol. The number of thioether (sulfide) groups is 1. The van der Waals surface area contributed by atoms with Crippen LogP contribution in [-0.2, 0) is 36.1 Å². The Labute approximate surface area is 349 Å². The number of amides is 2. The summed E-state index contributed by atoms with van der Waals surface area (Å²) in [7, 11) is 5.45. The number of carbonyl (C=O) groups excluding carboxylic acids is 3. The van der Waals surface area contributed by atoms with Gasteiger partial charge in [0.15, 0.2) is 10.8 Å². The van der Waals surface area contributed by atoms with Crippen molar-refractivity contribution < 1.29 is 38.5 Å². The van der Waals surface area contributed by atoms with Crippen LogP contribution in [0.15, 0.2) is 137 Å². The lowest BCUT2D eigenvalue weighted by Crippen LogP contribution is -2.71. The number of rotatable bonds is 13. The predicted octanol–water partition coefficient (Wildman–Crippen LogP) is 5.91. The zero-order valence-corrected chi connectivity index (χ0v) is 34.2. The number of carbonyl (C=O) groups is 3. The number of ether oxygens (including phenoxy) is 2. The van der Waals surface area contributed by atoms with Gasteiger partial charge >= 0.3 is 5.97 Å². The van der Waals surface area contributed by atoms with Crippen LogP contribution in [0.2, 0.25) is 0 Å². The van der Waals surface area contributed by atoms with Crippen LogP contribution in [0, 0.1) is 0 Å². The number of oxime groups is 1. The largest absolute Gasteiger partial charge is 0.497 e. The van der Waals surface area contributed by atoms with Crippen LogP contribution in [0.25, 0.3) is 0 Å². The van der Waals surface area contributed by atoms with Crippen molar-refractivity contribution in [2.75, 3.05) is 38.8 Å². The number of nitrogens with zero attached hydrogens (tertiary/aromatic N) is 4. The standard InChI is InChI=1S/C44H42N6O7S2/c1-50(2)24-23-35(57-50)33-26-58-41-37(40(52)49(41)38(33)42(53)56-25-28-19-21-32(55-3)22-20-28)46-39(51)36(48-54)34-27-59-43(45-34)47-44(29-13-7-4-8-14-29,30-15-9-5-10-16-30)31-17-11-6-12-18-31/h4-22,27,35,37,41H,23-26H2,1-3H3,(H2-,45,46,47,51,54)/p+1/t35-,37?,41?/m0/s1. The summed E-state index contributed by atoms with van der Waals surface area (Å²) in [5.41, 5.74) is 3.32. The molecule has 1 aromatic heterocycles. The summed E-state index contributed by atoms with van der Waals surface area (Å²) in [6, 6.07) is 36.2. The van der Waals surface area contributed by atoms with E-state index in [2.05, 4.69) is 15.8 Å². The molecule has 3 aliphatic heterocycles. The summed E-state index contributed by atoms with van der Waals surface area (Å²) in [5.74, 6) is -0.884. The highest BCUT2D eigenvalue weighted by Crippen LogP contribution is 2.44. The number of benzene rings is 4. The van der Waals surface area contributed by atoms with Crippen molar-refractivity contribution in [1.82, 2.24) is 15.2 Å². The molecule has 0 spiro atoms. The van der Waals surface area contributed by atoms with Gasteiger partial charge in [-0.05, 0) is 34.4 Å². The molecule has 3 N–H and O–H groups in total. The number of hydrogen-bond donors (Lipinski definition) is 3. The second-order valence-corrected chi connectivity index (χ2v) is 16.8. The van der Waals surface area contributed by atoms with Crippen molar-refractivity contribution in [3.05, 3.63) is 160 Å². The van der Waals surface area contributed by atoms with Gasteiger partial charge in [-0.15, -0.1) is 23.1 Å². The fourth-order valence-corrected chi connectivity index (χ4v) is 9.90. The highest BCUT2D eigenvalue weighted by Gasteiger charge is 2.56. The number of nitrogens with one attached hydrogen (secondary N) is 2. The van der Waals surface area contributed by atoms with Crippen molar-refractivity contribution >= 4 is 51.7 Å². The van der Waals surface area contributed by atoms with Crippen molar-refractivity contribution in [3.63, 3.8) is 0 Å². The molecule has 302 valence electrons. The minimum atomic E-state index is -1.01. The molecule has 4 aromatic carbocycles. The van der Waals surface area contributed by atoms with E-state index in [4.69, 9.17) is 19.3 Å². The zero-order valence-electron chi connectivity index (χ0n) is 32.6. The number of β-lactam (4-membered cyclic amide) rings is 1. The lowest BCUT2D eigenvalue weighted by Gasteiger charge is -2.50. The number of hydrogen-bond acceptors (Lipinski definition) is 12. The van der Waals surface area contributed by atoms with Crippen LogP contribution in [0.4, 0.5) is 5.13 Å². The lowest BCUT2D eigenvalue weighted by atomic mass is 9.77. The molecule has 59 heavy (non-hydrogen) atoms. The quantitative estimate of drug-likeness (QED) is 0.0249. The Hall–Kier alpha value is -6.00. The fraction of sp³-hybridized carbons (Fsp3) is 0.250. The first-order valence-corrected chi connectivity index (χ1v) is 21.0. The SMILES string of the molecule is COc1ccc(COC(=O)C2=C([C@@H]3CC[N+](C)(C)O3)CSC3C(NC(=O)/C(=N\O)c4csc(NC(c5ccccc5)(c5ccccc5)c5ccccc5)n4)C(=O)N23)cc1. The van der Waals surface area contributed by atoms with Crippen LogP contribution >= 0.6 is 23.1 Å². The molecule has 0 saturated carbocycles. The Morgan fingerprint density at radius 3 is 2.10 bits per heavy atom. The molecule has 3 atom stereocenters. The van der Waals surface area contributed by atoms with Gasteiger partial charge in [0.2, 0.25) is 0 Å². The molecule has 3 aliphatic rings. The predicted molar refractivity (Wildman–Crippen MR) is 225 cm³/mol. The molecule has 15 heteroatoms. The topological polar surface area (TPSA) is 152 Å². The van der Waals surface area contributed by atoms with E-state index in [9.17, 15) is 19.6 Å². The molecule has 2 fully saturated rings. The number of fused-ring (bicyclic) bond motifs is 1. The van der Waals surface area contributed by atoms with E-state index in [0.717, 1.165) is 28.8 Å². The molecule has 2 saturated heterocycles. The average Bonchev–Trinajstić information content (AvgIpc) is 3.89. The fourth-order valence-electron chi connectivity index (χ4n) is 7.74. The van der Waals surface area contributed by atoms with Gasteiger partial charge in [0, 0.05) is 23.1 Å². The second kappa shape index (κ2) is 16.7. The zero-order chi connectivity index (χ0) is 41.1. The van der Waals surface area contributed by atoms with Gasteiger partial charge in [0.05, 0.1) is 21.2 Å². The molecular weight excluding hydrogens is 789 g/mol. The van der Waals surface area contributed by atoms with Gasteiger partial charge in [0.1, 0.15) is 53.4 Å². The number of hydroxylamine groups is 3. The minimum absolute atomic E-state index is 0.0172. The maximum absolute atomic E-state index is 14.0. The number of anilines is 1. The number of esters is 1. The first kappa shape index (κ1) is 39.8. The van der Waals surface area contributed by atoms with E-state index in [1.54, 1.807) is 36.8 Å². The first-order chi connectivity index (χ1) is 28.6. The summed E-state index contributed by atoms with van der Waals surface area (Å²) in [4.78, 5) is 54.1. The lowest BCUT2D eigenvalue weighted by molar-refractivity contribution is -1.06. The van der Waals surface area contributed by atoms with Gasteiger partial charge in [-0.3, -0.25) is 14.5 Å². The summed E-state index contributed by atoms with van der Waals surface area (Å²) in [5, 5.41) is 21.5. The Morgan fingerprint density at radius 1 is 0.949 bits per heavy atom. The molecule has 13 nitrogen and oxygen atoms in total. The highest BCUT2D eigenvalue weighted by atomic mass is 32.2. The van der Waals surface area contributed by atoms with Crippen LogP contribution < -0.4 is 15.4 Å². The van der Waals surface area contributed by atoms with Crippen molar-refractivity contribution in [2.24, 2.45) is 5.16 Å². The van der Waals surface area contributed by atoms with E-state index >= 15 is 0 Å². The van der Waals surface area contributed by atoms with Crippen molar-refractivity contribution in [3.8, 4) is 5.75 Å². The molecule has 5 aromatic rings. The molecule has 2 amide bonds. The Balaban J connectivity index is 1.02. The molecule has 2 unspecified atom stereocenters. The third-order valence-corrected chi connectivity index (χ3v) is 12.8. The van der Waals surface area contributed by atoms with Gasteiger partial charge in [0.25, 0.3) is 11.8 Å². The van der Waals surface area contributed by atoms with Gasteiger partial charge < -0.3 is 25.3 Å². The van der Waals surface area contributed by atoms with Crippen molar-refractivity contribution in [2.45, 2.75) is 36.1 Å². The minimum Gasteiger partial charge on any atom is -0.497 e. The average molecular weight is 832 g/mol. The van der Waals surface area contributed by atoms with E-state index in [0.29, 0.717) is 33.3 Å². The Bertz CT molecular complexity index is 2290. The first-order valence-electron chi connectivity index (χ1n) is 19.0.